The molecular formula is C22H30Cl2IN7S. The lowest BCUT2D eigenvalue weighted by Gasteiger charge is -2.27. The highest BCUT2D eigenvalue weighted by atomic mass is 127. The van der Waals surface area contributed by atoms with Gasteiger partial charge in [-0.3, -0.25) is 0 Å². The largest absolute Gasteiger partial charge is 0.364 e. The zero-order valence-electron chi connectivity index (χ0n) is 18.2. The molecule has 3 heterocycles. The summed E-state index contributed by atoms with van der Waals surface area (Å²) in [5.41, 5.74) is 9.08. The van der Waals surface area contributed by atoms with E-state index in [4.69, 9.17) is 20.7 Å². The molecule has 1 aliphatic carbocycles. The number of benzene rings is 1. The van der Waals surface area contributed by atoms with Gasteiger partial charge in [-0.25, -0.2) is 4.98 Å². The number of fused-ring (bicyclic) bond motifs is 1. The van der Waals surface area contributed by atoms with Crippen LogP contribution in [-0.4, -0.2) is 43.1 Å². The maximum absolute atomic E-state index is 6.09. The van der Waals surface area contributed by atoms with E-state index in [9.17, 15) is 0 Å². The summed E-state index contributed by atoms with van der Waals surface area (Å²) in [6.07, 6.45) is 7.33. The standard InChI is InChI=1S/C22H28IN7S.2ClH/c23-15-3-1-2-14(10-15)11-25-20-19-21(30(13-26-19)18-8-9-31-12-18)29-22(28-20)27-17-6-4-16(24)5-7-17;;/h1-3,10,13,16-18H,4-9,11-12,24H2,(H2,25,27,28,29);2*1H. The molecule has 3 aromatic rings. The van der Waals surface area contributed by atoms with Gasteiger partial charge < -0.3 is 20.9 Å². The van der Waals surface area contributed by atoms with Crippen LogP contribution in [0.1, 0.15) is 43.7 Å². The number of anilines is 2. The summed E-state index contributed by atoms with van der Waals surface area (Å²) in [4.78, 5) is 14.5. The summed E-state index contributed by atoms with van der Waals surface area (Å²) in [5, 5.41) is 7.11. The minimum atomic E-state index is 0. The molecule has 2 aromatic heterocycles. The molecule has 0 bridgehead atoms. The Bertz CT molecular complexity index is 1050. The van der Waals surface area contributed by atoms with Gasteiger partial charge in [0.15, 0.2) is 17.0 Å². The van der Waals surface area contributed by atoms with Crippen molar-refractivity contribution in [2.45, 2.75) is 56.8 Å². The summed E-state index contributed by atoms with van der Waals surface area (Å²) < 4.78 is 3.47. The van der Waals surface area contributed by atoms with E-state index >= 15 is 0 Å². The van der Waals surface area contributed by atoms with Crippen molar-refractivity contribution in [3.63, 3.8) is 0 Å². The second-order valence-electron chi connectivity index (χ2n) is 8.48. The number of hydrogen-bond donors (Lipinski definition) is 3. The molecule has 2 aliphatic rings. The van der Waals surface area contributed by atoms with Crippen molar-refractivity contribution in [3.05, 3.63) is 39.7 Å². The predicted octanol–water partition coefficient (Wildman–Crippen LogP) is 5.25. The fraction of sp³-hybridized carbons (Fsp3) is 0.500. The van der Waals surface area contributed by atoms with Crippen LogP contribution < -0.4 is 16.4 Å². The van der Waals surface area contributed by atoms with Crippen molar-refractivity contribution in [3.8, 4) is 0 Å². The van der Waals surface area contributed by atoms with Crippen molar-refractivity contribution in [2.75, 3.05) is 22.1 Å². The quantitative estimate of drug-likeness (QED) is 0.324. The number of imidazole rings is 1. The lowest BCUT2D eigenvalue weighted by molar-refractivity contribution is 0.410. The Kier molecular flexibility index (Phi) is 9.75. The maximum Gasteiger partial charge on any atom is 0.227 e. The van der Waals surface area contributed by atoms with Crippen molar-refractivity contribution >= 4 is 82.1 Å². The molecule has 11 heteroatoms. The maximum atomic E-state index is 6.09. The minimum Gasteiger partial charge on any atom is -0.364 e. The van der Waals surface area contributed by atoms with E-state index < -0.39 is 0 Å². The normalized spacial score (nSPS) is 22.4. The number of thioether (sulfide) groups is 1. The molecule has 180 valence electrons. The number of rotatable bonds is 6. The summed E-state index contributed by atoms with van der Waals surface area (Å²) in [6.45, 7) is 0.701. The first kappa shape index (κ1) is 26.6. The second kappa shape index (κ2) is 12.1. The highest BCUT2D eigenvalue weighted by Crippen LogP contribution is 2.32. The van der Waals surface area contributed by atoms with Crippen LogP contribution in [-0.2, 0) is 6.54 Å². The molecule has 1 atom stereocenters. The fourth-order valence-corrected chi connectivity index (χ4v) is 6.20. The van der Waals surface area contributed by atoms with Crippen LogP contribution in [0.5, 0.6) is 0 Å². The highest BCUT2D eigenvalue weighted by molar-refractivity contribution is 14.1. The third-order valence-corrected chi connectivity index (χ3v) is 7.99. The summed E-state index contributed by atoms with van der Waals surface area (Å²) in [7, 11) is 0. The summed E-state index contributed by atoms with van der Waals surface area (Å²) in [5.74, 6) is 3.79. The van der Waals surface area contributed by atoms with Gasteiger partial charge in [0.25, 0.3) is 0 Å². The Labute approximate surface area is 224 Å². The van der Waals surface area contributed by atoms with Crippen LogP contribution in [0.3, 0.4) is 0 Å². The Morgan fingerprint density at radius 2 is 1.94 bits per heavy atom. The Hall–Kier alpha value is -1.01. The van der Waals surface area contributed by atoms with E-state index in [1.165, 1.54) is 14.9 Å². The molecule has 1 saturated carbocycles. The first-order valence-corrected chi connectivity index (χ1v) is 13.2. The SMILES string of the molecule is Cl.Cl.NC1CCC(Nc2nc(NCc3cccc(I)c3)c3ncn(C4CCSC4)c3n2)CC1. The van der Waals surface area contributed by atoms with Crippen LogP contribution in [0, 0.1) is 3.57 Å². The Morgan fingerprint density at radius 3 is 2.67 bits per heavy atom. The van der Waals surface area contributed by atoms with Gasteiger partial charge in [-0.2, -0.15) is 21.7 Å². The second-order valence-corrected chi connectivity index (χ2v) is 10.9. The van der Waals surface area contributed by atoms with Gasteiger partial charge in [0.05, 0.1) is 6.33 Å². The molecule has 33 heavy (non-hydrogen) atoms. The lowest BCUT2D eigenvalue weighted by atomic mass is 9.92. The number of halogens is 3. The number of nitrogens with one attached hydrogen (secondary N) is 2. The van der Waals surface area contributed by atoms with Crippen LogP contribution in [0.4, 0.5) is 11.8 Å². The highest BCUT2D eigenvalue weighted by Gasteiger charge is 2.24. The van der Waals surface area contributed by atoms with E-state index in [-0.39, 0.29) is 24.8 Å². The topological polar surface area (TPSA) is 93.7 Å². The van der Waals surface area contributed by atoms with Gasteiger partial charge in [0.1, 0.15) is 0 Å². The van der Waals surface area contributed by atoms with E-state index in [1.807, 2.05) is 18.1 Å². The van der Waals surface area contributed by atoms with Crippen molar-refractivity contribution in [1.82, 2.24) is 19.5 Å². The molecule has 0 amide bonds. The first-order valence-electron chi connectivity index (χ1n) is 11.0. The van der Waals surface area contributed by atoms with E-state index in [0.29, 0.717) is 30.6 Å². The van der Waals surface area contributed by atoms with Gasteiger partial charge in [-0.1, -0.05) is 12.1 Å². The molecule has 0 radical (unpaired) electrons. The van der Waals surface area contributed by atoms with Gasteiger partial charge >= 0.3 is 0 Å². The molecule has 1 saturated heterocycles. The number of nitrogens with zero attached hydrogens (tertiary/aromatic N) is 4. The Balaban J connectivity index is 0.00000153. The molecular weight excluding hydrogens is 592 g/mol. The van der Waals surface area contributed by atoms with E-state index in [0.717, 1.165) is 54.8 Å². The third kappa shape index (κ3) is 6.36. The van der Waals surface area contributed by atoms with Crippen LogP contribution >= 0.6 is 59.2 Å². The molecule has 0 spiro atoms. The average molecular weight is 622 g/mol. The fourth-order valence-electron chi connectivity index (χ4n) is 4.39. The Morgan fingerprint density at radius 1 is 1.12 bits per heavy atom. The number of nitrogens with two attached hydrogens (primary N) is 1. The molecule has 2 fully saturated rings. The zero-order chi connectivity index (χ0) is 21.2. The molecule has 5 rings (SSSR count). The molecule has 1 aliphatic heterocycles. The zero-order valence-corrected chi connectivity index (χ0v) is 22.9. The summed E-state index contributed by atoms with van der Waals surface area (Å²) >= 11 is 4.35. The number of aromatic nitrogens is 4. The monoisotopic (exact) mass is 621 g/mol. The third-order valence-electron chi connectivity index (χ3n) is 6.17. The number of hydrogen-bond acceptors (Lipinski definition) is 7. The molecule has 1 aromatic carbocycles. The smallest absolute Gasteiger partial charge is 0.227 e. The predicted molar refractivity (Wildman–Crippen MR) is 151 cm³/mol. The van der Waals surface area contributed by atoms with E-state index in [2.05, 4.69) is 62.1 Å². The molecule has 1 unspecified atom stereocenters. The van der Waals surface area contributed by atoms with Crippen LogP contribution in [0.15, 0.2) is 30.6 Å². The van der Waals surface area contributed by atoms with Gasteiger partial charge in [0, 0.05) is 34.0 Å². The van der Waals surface area contributed by atoms with Gasteiger partial charge in [-0.15, -0.1) is 24.8 Å². The molecule has 4 N–H and O–H groups in total. The van der Waals surface area contributed by atoms with Crippen LogP contribution in [0.25, 0.3) is 11.2 Å². The van der Waals surface area contributed by atoms with Crippen molar-refractivity contribution in [2.24, 2.45) is 5.73 Å². The van der Waals surface area contributed by atoms with Gasteiger partial charge in [-0.05, 0) is 78.1 Å². The average Bonchev–Trinajstić information content (AvgIpc) is 3.43. The van der Waals surface area contributed by atoms with Gasteiger partial charge in [0.2, 0.25) is 5.95 Å². The van der Waals surface area contributed by atoms with E-state index in [1.54, 1.807) is 0 Å². The van der Waals surface area contributed by atoms with Crippen molar-refractivity contribution in [1.29, 1.82) is 0 Å². The molecule has 7 nitrogen and oxygen atoms in total. The lowest BCUT2D eigenvalue weighted by Crippen LogP contribution is -2.33. The van der Waals surface area contributed by atoms with Crippen molar-refractivity contribution < 1.29 is 0 Å². The first-order chi connectivity index (χ1) is 15.2. The van der Waals surface area contributed by atoms with Crippen LogP contribution in [0.2, 0.25) is 0 Å². The summed E-state index contributed by atoms with van der Waals surface area (Å²) in [6, 6.07) is 9.66. The minimum absolute atomic E-state index is 0.